The van der Waals surface area contributed by atoms with Crippen LogP contribution in [0.5, 0.6) is 0 Å². The number of aliphatic hydroxyl groups is 1. The molecule has 0 saturated heterocycles. The highest BCUT2D eigenvalue weighted by Gasteiger charge is 1.93. The molecule has 0 atom stereocenters. The topological polar surface area (TPSA) is 38.7 Å². The number of hydrogen-bond acceptors (Lipinski definition) is 3. The molecule has 0 amide bonds. The maximum Gasteiger partial charge on any atom is 0.0837 e. The zero-order chi connectivity index (χ0) is 18.3. The minimum absolute atomic E-state index is 0.0820. The normalized spacial score (nSPS) is 11.6. The molecule has 149 valence electrons. The average molecular weight is 356 g/mol. The summed E-state index contributed by atoms with van der Waals surface area (Å²) in [7, 11) is 0. The molecule has 0 saturated carbocycles. The Bertz CT molecular complexity index is 254. The monoisotopic (exact) mass is 355 g/mol. The Balaban J connectivity index is 3.03. The van der Waals surface area contributed by atoms with Gasteiger partial charge in [0.05, 0.1) is 33.0 Å². The predicted octanol–water partition coefficient (Wildman–Crippen LogP) is 6.21. The quantitative estimate of drug-likeness (QED) is 0.196. The average Bonchev–Trinajstić information content (AvgIpc) is 2.63. The van der Waals surface area contributed by atoms with Gasteiger partial charge in [0.1, 0.15) is 0 Å². The first kappa shape index (κ1) is 24.6. The Morgan fingerprint density at radius 1 is 0.640 bits per heavy atom. The van der Waals surface area contributed by atoms with Crippen LogP contribution in [0.1, 0.15) is 96.8 Å². The fraction of sp³-hybridized carbons (Fsp3) is 0.864. The zero-order valence-electron chi connectivity index (χ0n) is 16.7. The van der Waals surface area contributed by atoms with Gasteiger partial charge in [0.2, 0.25) is 0 Å². The third kappa shape index (κ3) is 23.6. The number of aliphatic hydroxyl groups excluding tert-OH is 1. The molecule has 1 radical (unpaired) electrons. The van der Waals surface area contributed by atoms with Crippen molar-refractivity contribution in [2.75, 3.05) is 26.4 Å². The van der Waals surface area contributed by atoms with E-state index in [1.165, 1.54) is 83.5 Å². The summed E-state index contributed by atoms with van der Waals surface area (Å²) in [5, 5.41) is 8.55. The maximum absolute atomic E-state index is 8.55. The summed E-state index contributed by atoms with van der Waals surface area (Å²) in [6.45, 7) is 5.80. The van der Waals surface area contributed by atoms with E-state index in [-0.39, 0.29) is 6.61 Å². The van der Waals surface area contributed by atoms with Gasteiger partial charge in [0.15, 0.2) is 0 Å². The van der Waals surface area contributed by atoms with E-state index < -0.39 is 0 Å². The lowest BCUT2D eigenvalue weighted by molar-refractivity contribution is 0.0495. The second kappa shape index (κ2) is 23.6. The van der Waals surface area contributed by atoms with Crippen LogP contribution in [0.4, 0.5) is 0 Å². The lowest BCUT2D eigenvalue weighted by Crippen LogP contribution is -2.06. The Labute approximate surface area is 157 Å². The standard InChI is InChI=1S/C22H43O3/c1-2-3-4-5-6-7-8-9-10-11-12-13-14-15-16-17-19-24-21-22-25-20-18-23/h9-10,19,23H,2-8,11-18,20-22H2,1H3/b10-9-. The molecular weight excluding hydrogens is 312 g/mol. The molecule has 1 N–H and O–H groups in total. The van der Waals surface area contributed by atoms with Gasteiger partial charge in [-0.2, -0.15) is 0 Å². The summed E-state index contributed by atoms with van der Waals surface area (Å²) in [5.41, 5.74) is 0. The van der Waals surface area contributed by atoms with Gasteiger partial charge in [-0.25, -0.2) is 0 Å². The van der Waals surface area contributed by atoms with Crippen LogP contribution in [0.15, 0.2) is 12.2 Å². The summed E-state index contributed by atoms with van der Waals surface area (Å²) in [6.07, 6.45) is 23.2. The number of rotatable bonds is 21. The highest BCUT2D eigenvalue weighted by atomic mass is 16.5. The van der Waals surface area contributed by atoms with E-state index >= 15 is 0 Å². The number of hydrogen-bond donors (Lipinski definition) is 1. The fourth-order valence-electron chi connectivity index (χ4n) is 2.74. The number of unbranched alkanes of at least 4 members (excludes halogenated alkanes) is 12. The van der Waals surface area contributed by atoms with Crippen LogP contribution in [-0.2, 0) is 9.47 Å². The molecule has 25 heavy (non-hydrogen) atoms. The molecule has 0 unspecified atom stereocenters. The van der Waals surface area contributed by atoms with Gasteiger partial charge in [0, 0.05) is 0 Å². The fourth-order valence-corrected chi connectivity index (χ4v) is 2.74. The van der Waals surface area contributed by atoms with E-state index in [2.05, 4.69) is 19.1 Å². The highest BCUT2D eigenvalue weighted by Crippen LogP contribution is 2.10. The first-order valence-corrected chi connectivity index (χ1v) is 10.7. The van der Waals surface area contributed by atoms with Crippen molar-refractivity contribution in [1.29, 1.82) is 0 Å². The minimum atomic E-state index is 0.0820. The summed E-state index contributed by atoms with van der Waals surface area (Å²) < 4.78 is 10.5. The smallest absolute Gasteiger partial charge is 0.0837 e. The van der Waals surface area contributed by atoms with E-state index in [9.17, 15) is 0 Å². The van der Waals surface area contributed by atoms with Crippen LogP contribution >= 0.6 is 0 Å². The third-order valence-electron chi connectivity index (χ3n) is 4.28. The Morgan fingerprint density at radius 2 is 1.20 bits per heavy atom. The molecule has 0 aromatic rings. The maximum atomic E-state index is 8.55. The molecule has 0 aliphatic rings. The molecule has 0 aliphatic heterocycles. The highest BCUT2D eigenvalue weighted by molar-refractivity contribution is 4.81. The number of allylic oxidation sites excluding steroid dienone is 2. The third-order valence-corrected chi connectivity index (χ3v) is 4.28. The summed E-state index contributed by atoms with van der Waals surface area (Å²) in [5.74, 6) is 0. The van der Waals surface area contributed by atoms with Crippen molar-refractivity contribution < 1.29 is 14.6 Å². The minimum Gasteiger partial charge on any atom is -0.394 e. The van der Waals surface area contributed by atoms with Crippen LogP contribution in [0, 0.1) is 6.61 Å². The van der Waals surface area contributed by atoms with Gasteiger partial charge in [-0.3, -0.25) is 0 Å². The molecule has 0 spiro atoms. The van der Waals surface area contributed by atoms with E-state index in [1.54, 1.807) is 0 Å². The summed E-state index contributed by atoms with van der Waals surface area (Å²) in [6, 6.07) is 0. The second-order valence-electron chi connectivity index (χ2n) is 6.75. The molecule has 0 rings (SSSR count). The molecule has 0 aromatic heterocycles. The summed E-state index contributed by atoms with van der Waals surface area (Å²) >= 11 is 0. The van der Waals surface area contributed by atoms with Crippen molar-refractivity contribution in [2.45, 2.75) is 96.8 Å². The lowest BCUT2D eigenvalue weighted by atomic mass is 10.1. The molecule has 3 heteroatoms. The van der Waals surface area contributed by atoms with Gasteiger partial charge >= 0.3 is 0 Å². The van der Waals surface area contributed by atoms with Gasteiger partial charge in [-0.05, 0) is 32.1 Å². The zero-order valence-corrected chi connectivity index (χ0v) is 16.7. The first-order chi connectivity index (χ1) is 12.4. The molecule has 0 aromatic carbocycles. The second-order valence-corrected chi connectivity index (χ2v) is 6.75. The van der Waals surface area contributed by atoms with Crippen LogP contribution in [0.3, 0.4) is 0 Å². The molecule has 0 fully saturated rings. The van der Waals surface area contributed by atoms with Crippen molar-refractivity contribution in [3.8, 4) is 0 Å². The predicted molar refractivity (Wildman–Crippen MR) is 108 cm³/mol. The van der Waals surface area contributed by atoms with Gasteiger partial charge in [0.25, 0.3) is 0 Å². The SMILES string of the molecule is CCCCCCCC/C=C\CCCCCCC[CH]OCCOCCO. The van der Waals surface area contributed by atoms with Crippen molar-refractivity contribution in [1.82, 2.24) is 0 Å². The van der Waals surface area contributed by atoms with Gasteiger partial charge in [-0.1, -0.05) is 76.9 Å². The largest absolute Gasteiger partial charge is 0.394 e. The van der Waals surface area contributed by atoms with Crippen molar-refractivity contribution in [2.24, 2.45) is 0 Å². The van der Waals surface area contributed by atoms with E-state index in [0.29, 0.717) is 19.8 Å². The van der Waals surface area contributed by atoms with E-state index in [1.807, 2.05) is 6.61 Å². The number of ether oxygens (including phenoxy) is 2. The van der Waals surface area contributed by atoms with Gasteiger partial charge in [-0.15, -0.1) is 0 Å². The van der Waals surface area contributed by atoms with E-state index in [4.69, 9.17) is 14.6 Å². The Morgan fingerprint density at radius 3 is 1.80 bits per heavy atom. The van der Waals surface area contributed by atoms with Crippen molar-refractivity contribution in [3.05, 3.63) is 18.8 Å². The molecule has 3 nitrogen and oxygen atoms in total. The summed E-state index contributed by atoms with van der Waals surface area (Å²) in [4.78, 5) is 0. The van der Waals surface area contributed by atoms with Crippen LogP contribution in [-0.4, -0.2) is 31.5 Å². The van der Waals surface area contributed by atoms with Crippen molar-refractivity contribution >= 4 is 0 Å². The van der Waals surface area contributed by atoms with Gasteiger partial charge < -0.3 is 14.6 Å². The first-order valence-electron chi connectivity index (χ1n) is 10.7. The molecule has 0 bridgehead atoms. The molecular formula is C22H43O3. The molecule has 0 heterocycles. The Kier molecular flexibility index (Phi) is 23.3. The molecule has 0 aliphatic carbocycles. The van der Waals surface area contributed by atoms with E-state index in [0.717, 1.165) is 6.42 Å². The Hall–Kier alpha value is -0.380. The lowest BCUT2D eigenvalue weighted by Gasteiger charge is -2.04. The van der Waals surface area contributed by atoms with Crippen LogP contribution in [0.25, 0.3) is 0 Å². The van der Waals surface area contributed by atoms with Crippen LogP contribution in [0.2, 0.25) is 0 Å². The van der Waals surface area contributed by atoms with Crippen LogP contribution < -0.4 is 0 Å². The van der Waals surface area contributed by atoms with Crippen molar-refractivity contribution in [3.63, 3.8) is 0 Å².